The summed E-state index contributed by atoms with van der Waals surface area (Å²) in [5.41, 5.74) is 7.44. The van der Waals surface area contributed by atoms with Gasteiger partial charge in [-0.25, -0.2) is 38.0 Å². The fourth-order valence-electron chi connectivity index (χ4n) is 8.74. The zero-order valence-corrected chi connectivity index (χ0v) is 42.1. The average molecular weight is 1130 g/mol. The normalized spacial score (nSPS) is 30.6. The minimum absolute atomic E-state index is 0.000128. The number of aryl methyl sites for hydroxylation is 1. The van der Waals surface area contributed by atoms with E-state index < -0.39 is 141 Å². The smallest absolute Gasteiger partial charge is 0.387 e. The molecule has 0 aliphatic carbocycles. The molecule has 8 rings (SSSR count). The van der Waals surface area contributed by atoms with E-state index in [-0.39, 0.29) is 47.1 Å². The van der Waals surface area contributed by atoms with Crippen molar-refractivity contribution in [2.75, 3.05) is 52.1 Å². The van der Waals surface area contributed by atoms with Gasteiger partial charge in [-0.2, -0.15) is 4.31 Å². The van der Waals surface area contributed by atoms with E-state index in [2.05, 4.69) is 29.2 Å². The topological polar surface area (TPSA) is 510 Å². The molecule has 0 amide bonds. The fraction of sp³-hybridized carbons (Fsp3) is 0.588. The summed E-state index contributed by atoms with van der Waals surface area (Å²) in [6.07, 6.45) is -11.2. The van der Waals surface area contributed by atoms with E-state index >= 15 is 0 Å². The van der Waals surface area contributed by atoms with Crippen molar-refractivity contribution in [1.29, 1.82) is 0 Å². The van der Waals surface area contributed by atoms with Crippen LogP contribution in [0.5, 0.6) is 0 Å². The van der Waals surface area contributed by atoms with Crippen LogP contribution in [-0.2, 0) is 66.9 Å². The molecular weight excluding hydrogens is 1080 g/mol. The van der Waals surface area contributed by atoms with E-state index in [0.29, 0.717) is 0 Å². The van der Waals surface area contributed by atoms with E-state index in [1.54, 1.807) is 0 Å². The molecule has 0 radical (unpaired) electrons. The number of nitrogens with one attached hydrogen (secondary N) is 3. The van der Waals surface area contributed by atoms with E-state index in [1.807, 2.05) is 4.98 Å². The van der Waals surface area contributed by atoms with Gasteiger partial charge in [-0.3, -0.25) is 46.9 Å². The van der Waals surface area contributed by atoms with E-state index in [0.717, 1.165) is 36.6 Å². The highest BCUT2D eigenvalue weighted by molar-refractivity contribution is 7.71. The van der Waals surface area contributed by atoms with Crippen LogP contribution < -0.4 is 37.7 Å². The molecule has 3 saturated heterocycles. The highest BCUT2D eigenvalue weighted by atomic mass is 31.3. The molecule has 408 valence electrons. The van der Waals surface area contributed by atoms with Crippen molar-refractivity contribution in [2.24, 2.45) is 13.0 Å². The lowest BCUT2D eigenvalue weighted by molar-refractivity contribution is -0.745. The number of fused-ring (bicyclic) bond motifs is 2. The summed E-state index contributed by atoms with van der Waals surface area (Å²) in [5, 5.41) is 32.9. The first kappa shape index (κ1) is 55.6. The van der Waals surface area contributed by atoms with Crippen LogP contribution in [0.4, 0.5) is 11.8 Å². The largest absolute Gasteiger partial charge is 0.480 e. The zero-order valence-electron chi connectivity index (χ0n) is 38.5. The lowest BCUT2D eigenvalue weighted by atomic mass is 9.95. The fourth-order valence-corrected chi connectivity index (χ4v) is 14.5. The lowest BCUT2D eigenvalue weighted by Gasteiger charge is -2.28. The monoisotopic (exact) mass is 1130 g/mol. The van der Waals surface area contributed by atoms with Gasteiger partial charge < -0.3 is 74.6 Å². The van der Waals surface area contributed by atoms with Gasteiger partial charge in [0, 0.05) is 39.0 Å². The van der Waals surface area contributed by atoms with Gasteiger partial charge in [-0.1, -0.05) is 4.98 Å². The number of methoxy groups -OCH3 is 2. The van der Waals surface area contributed by atoms with Crippen molar-refractivity contribution in [3.63, 3.8) is 0 Å². The first-order valence-corrected chi connectivity index (χ1v) is 27.8. The molecule has 3 aliphatic heterocycles. The number of ether oxygens (including phenoxy) is 5. The number of aliphatic hydroxyl groups excluding tert-OH is 3. The summed E-state index contributed by atoms with van der Waals surface area (Å²) < 4.78 is 107. The van der Waals surface area contributed by atoms with Crippen LogP contribution in [0.3, 0.4) is 0 Å². The third kappa shape index (κ3) is 11.4. The molecule has 0 saturated carbocycles. The highest BCUT2D eigenvalue weighted by Gasteiger charge is 2.57. The molecule has 3 aliphatic rings. The first-order valence-electron chi connectivity index (χ1n) is 21.5. The second-order valence-corrected chi connectivity index (χ2v) is 23.8. The Balaban J connectivity index is 0.959. The number of hydrogen-bond acceptors (Lipinski definition) is 25. The van der Waals surface area contributed by atoms with Crippen LogP contribution >= 0.6 is 30.9 Å². The number of nitrogens with zero attached hydrogens (tertiary/aromatic N) is 8. The Morgan fingerprint density at radius 2 is 1.54 bits per heavy atom. The number of nitrogen functional groups attached to an aromatic ring is 2. The number of phosphoric acid groups is 1. The number of hydrogen-bond donors (Lipinski definition) is 12. The van der Waals surface area contributed by atoms with Crippen LogP contribution in [0.25, 0.3) is 22.3 Å². The molecule has 3 fully saturated rings. The van der Waals surface area contributed by atoms with Crippen molar-refractivity contribution < 1.29 is 99.3 Å². The number of aromatic nitrogens is 10. The summed E-state index contributed by atoms with van der Waals surface area (Å²) in [5.74, 6) is -1.26. The van der Waals surface area contributed by atoms with Crippen LogP contribution in [0, 0.1) is 5.92 Å². The number of imidazole rings is 2. The quantitative estimate of drug-likeness (QED) is 0.0246. The van der Waals surface area contributed by atoms with Crippen LogP contribution in [0.2, 0.25) is 0 Å². The number of nitrogens with two attached hydrogens (primary N) is 2. The van der Waals surface area contributed by atoms with Gasteiger partial charge in [-0.05, 0) is 6.42 Å². The molecule has 0 spiro atoms. The van der Waals surface area contributed by atoms with Gasteiger partial charge >= 0.3 is 42.2 Å². The molecule has 16 atom stereocenters. The van der Waals surface area contributed by atoms with Crippen molar-refractivity contribution in [3.8, 4) is 0 Å². The molecule has 8 heterocycles. The third-order valence-corrected chi connectivity index (χ3v) is 18.6. The molecule has 36 nitrogen and oxygen atoms in total. The maximum absolute atomic E-state index is 14.3. The SMILES string of the molecule is COCC[C@H]1[C@@H](O)[C@H]([n+]2cn(C)c3c(=O)[nH]c(N)nc32)O[C@@H]1COP(=O)(O)OP(=O)(O)NP(=O)(O)OC[C@H]1O[C@@H](n2cnc3c(N)ncnc32)[C@H](OC)[C@@H]1P(=O)(O)OC[C@H]1O[C@@H](n2ccc(=O)[nH]c2=O)[C@H](O)[C@@H]1O. The van der Waals surface area contributed by atoms with Gasteiger partial charge in [0.2, 0.25) is 11.7 Å². The molecular formula is C34H50N13O23P4+. The molecule has 14 N–H and O–H groups in total. The molecule has 74 heavy (non-hydrogen) atoms. The molecule has 5 aromatic heterocycles. The van der Waals surface area contributed by atoms with Crippen molar-refractivity contribution >= 4 is 65.0 Å². The van der Waals surface area contributed by atoms with E-state index in [1.165, 1.54) is 39.0 Å². The summed E-state index contributed by atoms with van der Waals surface area (Å²) >= 11 is 0. The highest BCUT2D eigenvalue weighted by Crippen LogP contribution is 2.63. The maximum atomic E-state index is 14.3. The Labute approximate surface area is 413 Å². The van der Waals surface area contributed by atoms with E-state index in [9.17, 15) is 67.5 Å². The van der Waals surface area contributed by atoms with Crippen LogP contribution in [0.15, 0.2) is 45.6 Å². The van der Waals surface area contributed by atoms with Crippen molar-refractivity contribution in [3.05, 3.63) is 62.4 Å². The Bertz CT molecular complexity index is 3260. The Hall–Kier alpha value is -4.58. The number of anilines is 2. The summed E-state index contributed by atoms with van der Waals surface area (Å²) in [6, 6.07) is 0.932. The van der Waals surface area contributed by atoms with Gasteiger partial charge in [-0.15, -0.1) is 4.86 Å². The summed E-state index contributed by atoms with van der Waals surface area (Å²) in [6.45, 7) is -3.08. The van der Waals surface area contributed by atoms with Gasteiger partial charge in [0.25, 0.3) is 17.1 Å². The Morgan fingerprint density at radius 3 is 2.24 bits per heavy atom. The molecule has 0 bridgehead atoms. The Kier molecular flexibility index (Phi) is 16.1. The molecule has 0 aromatic carbocycles. The molecule has 4 unspecified atom stereocenters. The maximum Gasteiger partial charge on any atom is 0.480 e. The van der Waals surface area contributed by atoms with Crippen molar-refractivity contribution in [1.82, 2.24) is 48.5 Å². The van der Waals surface area contributed by atoms with Crippen molar-refractivity contribution in [2.45, 2.75) is 73.5 Å². The number of rotatable bonds is 21. The van der Waals surface area contributed by atoms with E-state index in [4.69, 9.17) is 48.7 Å². The van der Waals surface area contributed by atoms with Gasteiger partial charge in [0.15, 0.2) is 30.2 Å². The number of H-pyrrole nitrogens is 2. The lowest BCUT2D eigenvalue weighted by Crippen LogP contribution is -2.45. The second-order valence-electron chi connectivity index (χ2n) is 16.8. The van der Waals surface area contributed by atoms with Crippen LogP contribution in [-0.4, -0.2) is 168 Å². The molecule has 40 heteroatoms. The van der Waals surface area contributed by atoms with Crippen LogP contribution in [0.1, 0.15) is 25.1 Å². The minimum atomic E-state index is -5.94. The third-order valence-electron chi connectivity index (χ3n) is 12.0. The average Bonchev–Trinajstić information content (AvgIpc) is 4.12. The second kappa shape index (κ2) is 21.4. The van der Waals surface area contributed by atoms with Gasteiger partial charge in [0.05, 0.1) is 39.3 Å². The Morgan fingerprint density at radius 1 is 0.838 bits per heavy atom. The first-order chi connectivity index (χ1) is 34.7. The number of aliphatic hydroxyl groups is 3. The standard InChI is InChI=1S/C34H49N13O23P4/c1-44-13-47(28-20(44)29(52)42-33(36)41-28)30-21(49)14(5-7-62-2)15(67-30)8-66-74(60,61)70-73(58,59)43-72(56,57)65-10-17-25(24(63-3)32(69-17)46-12-39-19-26(35)37-11-38-27(19)46)71(54,55)64-9-16-22(50)23(51)31(68-16)45-6-4-18(48)40-34(45)53/h4,6,11-17,21-25,30-32,49-51H,5,7-10H2,1-3H3,(H10-,35,36,37,38,40,41,42,43,48,52,53,54,55,56,57,58,59,60,61)/p+1/t14-,15-,16-,17-,21-,22-,23-,24-,25-,30-,31-,32-/m1/s1. The summed E-state index contributed by atoms with van der Waals surface area (Å²) in [7, 11) is -18.7. The minimum Gasteiger partial charge on any atom is -0.387 e. The van der Waals surface area contributed by atoms with Gasteiger partial charge in [0.1, 0.15) is 54.1 Å². The predicted octanol–water partition coefficient (Wildman–Crippen LogP) is -3.94. The zero-order chi connectivity index (χ0) is 53.8. The number of aromatic amines is 2. The molecule has 5 aromatic rings. The summed E-state index contributed by atoms with van der Waals surface area (Å²) in [4.78, 5) is 102. The number of phosphoric ester groups is 1. The predicted molar refractivity (Wildman–Crippen MR) is 243 cm³/mol.